The molecular formula is C12H14N2S2. The van der Waals surface area contributed by atoms with Crippen molar-refractivity contribution in [2.75, 3.05) is 5.32 Å². The van der Waals surface area contributed by atoms with E-state index in [0.717, 1.165) is 11.6 Å². The van der Waals surface area contributed by atoms with Crippen molar-refractivity contribution in [2.45, 2.75) is 19.4 Å². The minimum Gasteiger partial charge on any atom is -0.354 e. The monoisotopic (exact) mass is 250 g/mol. The quantitative estimate of drug-likeness (QED) is 0.803. The molecule has 0 saturated carbocycles. The summed E-state index contributed by atoms with van der Waals surface area (Å²) in [7, 11) is 0. The van der Waals surface area contributed by atoms with Gasteiger partial charge in [-0.15, -0.1) is 29.3 Å². The third-order valence-electron chi connectivity index (χ3n) is 2.35. The summed E-state index contributed by atoms with van der Waals surface area (Å²) in [6, 6.07) is 2.45. The Morgan fingerprint density at radius 1 is 1.50 bits per heavy atom. The number of thiazole rings is 1. The van der Waals surface area contributed by atoms with E-state index < -0.39 is 0 Å². The molecule has 0 aliphatic heterocycles. The lowest BCUT2D eigenvalue weighted by atomic mass is 10.1. The molecule has 0 aliphatic rings. The average Bonchev–Trinajstić information content (AvgIpc) is 2.88. The van der Waals surface area contributed by atoms with Gasteiger partial charge in [-0.25, -0.2) is 4.98 Å². The van der Waals surface area contributed by atoms with Crippen LogP contribution in [0.3, 0.4) is 0 Å². The Balaban J connectivity index is 2.17. The van der Waals surface area contributed by atoms with Crippen LogP contribution in [0.1, 0.15) is 22.9 Å². The van der Waals surface area contributed by atoms with E-state index in [-0.39, 0.29) is 0 Å². The molecule has 1 unspecified atom stereocenters. The summed E-state index contributed by atoms with van der Waals surface area (Å²) in [6.45, 7) is 5.96. The van der Waals surface area contributed by atoms with Crippen molar-refractivity contribution in [1.82, 2.24) is 4.98 Å². The van der Waals surface area contributed by atoms with E-state index in [9.17, 15) is 0 Å². The van der Waals surface area contributed by atoms with Crippen molar-refractivity contribution in [3.63, 3.8) is 0 Å². The minimum atomic E-state index is 0.295. The van der Waals surface area contributed by atoms with Gasteiger partial charge in [0, 0.05) is 16.5 Å². The molecule has 2 aromatic rings. The van der Waals surface area contributed by atoms with Gasteiger partial charge in [0.2, 0.25) is 0 Å². The molecule has 2 rings (SSSR count). The van der Waals surface area contributed by atoms with E-state index in [2.05, 4.69) is 35.2 Å². The normalized spacial score (nSPS) is 12.3. The molecule has 0 bridgehead atoms. The third kappa shape index (κ3) is 2.51. The first-order valence-electron chi connectivity index (χ1n) is 5.12. The summed E-state index contributed by atoms with van der Waals surface area (Å²) in [6.07, 6.45) is 4.69. The van der Waals surface area contributed by atoms with Gasteiger partial charge in [0.1, 0.15) is 0 Å². The first-order chi connectivity index (χ1) is 7.81. The Hall–Kier alpha value is -1.13. The van der Waals surface area contributed by atoms with Crippen LogP contribution in [0.15, 0.2) is 35.7 Å². The fraction of sp³-hybridized carbons (Fsp3) is 0.250. The molecule has 2 aromatic heterocycles. The molecule has 84 valence electrons. The van der Waals surface area contributed by atoms with Gasteiger partial charge in [0.25, 0.3) is 0 Å². The first kappa shape index (κ1) is 11.4. The summed E-state index contributed by atoms with van der Waals surface area (Å²) >= 11 is 3.41. The maximum absolute atomic E-state index is 4.26. The standard InChI is InChI=1S/C12H14N2S2/c1-3-4-10(11-9(2)5-7-15-11)14-12-13-6-8-16-12/h3,5-8,10H,1,4H2,2H3,(H,13,14). The zero-order chi connectivity index (χ0) is 11.4. The lowest BCUT2D eigenvalue weighted by molar-refractivity contribution is 0.809. The number of aromatic nitrogens is 1. The molecule has 0 fully saturated rings. The van der Waals surface area contributed by atoms with Gasteiger partial charge >= 0.3 is 0 Å². The maximum atomic E-state index is 4.26. The fourth-order valence-electron chi connectivity index (χ4n) is 1.58. The number of nitrogens with one attached hydrogen (secondary N) is 1. The predicted octanol–water partition coefficient (Wildman–Crippen LogP) is 4.24. The summed E-state index contributed by atoms with van der Waals surface area (Å²) in [5.41, 5.74) is 1.33. The fourth-order valence-corrected chi connectivity index (χ4v) is 3.16. The van der Waals surface area contributed by atoms with E-state index >= 15 is 0 Å². The highest BCUT2D eigenvalue weighted by molar-refractivity contribution is 7.13. The van der Waals surface area contributed by atoms with Gasteiger partial charge in [-0.2, -0.15) is 0 Å². The SMILES string of the molecule is C=CCC(Nc1nccs1)c1sccc1C. The van der Waals surface area contributed by atoms with Crippen molar-refractivity contribution in [3.05, 3.63) is 46.1 Å². The molecule has 16 heavy (non-hydrogen) atoms. The van der Waals surface area contributed by atoms with Gasteiger partial charge in [-0.1, -0.05) is 6.08 Å². The molecule has 2 nitrogen and oxygen atoms in total. The molecule has 1 atom stereocenters. The second-order valence-corrected chi connectivity index (χ2v) is 5.37. The van der Waals surface area contributed by atoms with Crippen molar-refractivity contribution < 1.29 is 0 Å². The second-order valence-electron chi connectivity index (χ2n) is 3.53. The Bertz CT molecular complexity index is 445. The third-order valence-corrected chi connectivity index (χ3v) is 4.19. The number of hydrogen-bond acceptors (Lipinski definition) is 4. The minimum absolute atomic E-state index is 0.295. The zero-order valence-electron chi connectivity index (χ0n) is 9.14. The van der Waals surface area contributed by atoms with Crippen molar-refractivity contribution >= 4 is 27.8 Å². The van der Waals surface area contributed by atoms with Gasteiger partial charge in [0.05, 0.1) is 6.04 Å². The van der Waals surface area contributed by atoms with Crippen molar-refractivity contribution in [1.29, 1.82) is 0 Å². The van der Waals surface area contributed by atoms with E-state index in [1.807, 2.05) is 17.7 Å². The molecule has 0 radical (unpaired) electrons. The highest BCUT2D eigenvalue weighted by Crippen LogP contribution is 2.30. The molecule has 0 saturated heterocycles. The zero-order valence-corrected chi connectivity index (χ0v) is 10.8. The van der Waals surface area contributed by atoms with Crippen LogP contribution in [0.25, 0.3) is 0 Å². The van der Waals surface area contributed by atoms with Crippen LogP contribution in [-0.2, 0) is 0 Å². The Labute approximate surface area is 104 Å². The van der Waals surface area contributed by atoms with Gasteiger partial charge < -0.3 is 5.32 Å². The number of hydrogen-bond donors (Lipinski definition) is 1. The highest BCUT2D eigenvalue weighted by Gasteiger charge is 2.14. The molecule has 0 aliphatic carbocycles. The molecule has 2 heterocycles. The smallest absolute Gasteiger partial charge is 0.183 e. The number of nitrogens with zero attached hydrogens (tertiary/aromatic N) is 1. The summed E-state index contributed by atoms with van der Waals surface area (Å²) in [5, 5.41) is 8.53. The Morgan fingerprint density at radius 2 is 2.38 bits per heavy atom. The van der Waals surface area contributed by atoms with Crippen LogP contribution < -0.4 is 5.32 Å². The van der Waals surface area contributed by atoms with Crippen LogP contribution in [0.2, 0.25) is 0 Å². The molecule has 1 N–H and O–H groups in total. The highest BCUT2D eigenvalue weighted by atomic mass is 32.1. The maximum Gasteiger partial charge on any atom is 0.183 e. The summed E-state index contributed by atoms with van der Waals surface area (Å²) in [4.78, 5) is 5.63. The lowest BCUT2D eigenvalue weighted by Gasteiger charge is -2.16. The number of thiophene rings is 1. The van der Waals surface area contributed by atoms with Gasteiger partial charge in [0.15, 0.2) is 5.13 Å². The molecular weight excluding hydrogens is 236 g/mol. The average molecular weight is 250 g/mol. The molecule has 0 spiro atoms. The van der Waals surface area contributed by atoms with E-state index in [0.29, 0.717) is 6.04 Å². The number of rotatable bonds is 5. The summed E-state index contributed by atoms with van der Waals surface area (Å²) < 4.78 is 0. The van der Waals surface area contributed by atoms with Crippen LogP contribution in [0.4, 0.5) is 5.13 Å². The molecule has 4 heteroatoms. The van der Waals surface area contributed by atoms with Crippen molar-refractivity contribution in [3.8, 4) is 0 Å². The largest absolute Gasteiger partial charge is 0.354 e. The topological polar surface area (TPSA) is 24.9 Å². The van der Waals surface area contributed by atoms with Crippen LogP contribution in [-0.4, -0.2) is 4.98 Å². The summed E-state index contributed by atoms with van der Waals surface area (Å²) in [5.74, 6) is 0. The van der Waals surface area contributed by atoms with E-state index in [1.165, 1.54) is 10.4 Å². The second kappa shape index (κ2) is 5.27. The van der Waals surface area contributed by atoms with Gasteiger partial charge in [-0.3, -0.25) is 0 Å². The van der Waals surface area contributed by atoms with Gasteiger partial charge in [-0.05, 0) is 30.4 Å². The van der Waals surface area contributed by atoms with Crippen LogP contribution in [0, 0.1) is 6.92 Å². The number of aryl methyl sites for hydroxylation is 1. The first-order valence-corrected chi connectivity index (χ1v) is 6.88. The molecule has 0 aromatic carbocycles. The van der Waals surface area contributed by atoms with Crippen LogP contribution >= 0.6 is 22.7 Å². The van der Waals surface area contributed by atoms with E-state index in [1.54, 1.807) is 22.7 Å². The Kier molecular flexibility index (Phi) is 3.74. The molecule has 0 amide bonds. The van der Waals surface area contributed by atoms with Crippen molar-refractivity contribution in [2.24, 2.45) is 0 Å². The lowest BCUT2D eigenvalue weighted by Crippen LogP contribution is -2.09. The van der Waals surface area contributed by atoms with E-state index in [4.69, 9.17) is 0 Å². The Morgan fingerprint density at radius 3 is 2.94 bits per heavy atom. The predicted molar refractivity (Wildman–Crippen MR) is 72.3 cm³/mol. The van der Waals surface area contributed by atoms with Crippen LogP contribution in [0.5, 0.6) is 0 Å². The number of anilines is 1.